The molecule has 19 heavy (non-hydrogen) atoms. The molecule has 0 spiro atoms. The van der Waals surface area contributed by atoms with E-state index in [1.165, 1.54) is 12.1 Å². The van der Waals surface area contributed by atoms with Gasteiger partial charge in [0.2, 0.25) is 0 Å². The molecule has 0 saturated carbocycles. The Labute approximate surface area is 119 Å². The van der Waals surface area contributed by atoms with E-state index in [9.17, 15) is 9.90 Å². The normalized spacial score (nSPS) is 10.4. The van der Waals surface area contributed by atoms with Crippen LogP contribution in [0.15, 0.2) is 30.3 Å². The molecule has 0 radical (unpaired) electrons. The number of hydrogen-bond acceptors (Lipinski definition) is 3. The number of benzene rings is 2. The molecule has 0 fully saturated rings. The number of phenols is 1. The summed E-state index contributed by atoms with van der Waals surface area (Å²) < 4.78 is 0. The van der Waals surface area contributed by atoms with E-state index in [-0.39, 0.29) is 16.3 Å². The van der Waals surface area contributed by atoms with Crippen LogP contribution in [0.25, 0.3) is 11.1 Å². The molecule has 0 heterocycles. The van der Waals surface area contributed by atoms with Crippen LogP contribution in [0, 0.1) is 0 Å². The van der Waals surface area contributed by atoms with E-state index in [0.29, 0.717) is 21.8 Å². The fraction of sp³-hybridized carbons (Fsp3) is 0. The van der Waals surface area contributed by atoms with Gasteiger partial charge < -0.3 is 16.6 Å². The van der Waals surface area contributed by atoms with Gasteiger partial charge in [-0.3, -0.25) is 4.79 Å². The molecule has 2 aromatic carbocycles. The highest BCUT2D eigenvalue weighted by Crippen LogP contribution is 2.39. The number of nitrogens with two attached hydrogens (primary N) is 2. The van der Waals surface area contributed by atoms with Gasteiger partial charge in [-0.2, -0.15) is 0 Å². The Balaban J connectivity index is 2.72. The monoisotopic (exact) mass is 296 g/mol. The topological polar surface area (TPSA) is 89.3 Å². The number of carbonyl (C=O) groups is 1. The Kier molecular flexibility index (Phi) is 3.55. The van der Waals surface area contributed by atoms with Crippen molar-refractivity contribution in [1.29, 1.82) is 0 Å². The lowest BCUT2D eigenvalue weighted by atomic mass is 10.0. The van der Waals surface area contributed by atoms with Crippen molar-refractivity contribution in [2.75, 3.05) is 5.73 Å². The average molecular weight is 297 g/mol. The van der Waals surface area contributed by atoms with Gasteiger partial charge in [-0.1, -0.05) is 29.3 Å². The lowest BCUT2D eigenvalue weighted by Gasteiger charge is -2.11. The van der Waals surface area contributed by atoms with E-state index in [4.69, 9.17) is 34.7 Å². The zero-order chi connectivity index (χ0) is 14.2. The maximum absolute atomic E-state index is 11.2. The quantitative estimate of drug-likeness (QED) is 0.744. The number of rotatable bonds is 2. The van der Waals surface area contributed by atoms with Gasteiger partial charge in [0.25, 0.3) is 5.91 Å². The third kappa shape index (κ3) is 2.59. The van der Waals surface area contributed by atoms with E-state index < -0.39 is 5.91 Å². The maximum atomic E-state index is 11.2. The van der Waals surface area contributed by atoms with Gasteiger partial charge in [0.15, 0.2) is 0 Å². The van der Waals surface area contributed by atoms with Gasteiger partial charge in [-0.15, -0.1) is 0 Å². The van der Waals surface area contributed by atoms with E-state index in [2.05, 4.69) is 0 Å². The number of halogens is 2. The molecule has 2 aromatic rings. The fourth-order valence-electron chi connectivity index (χ4n) is 1.74. The molecule has 4 nitrogen and oxygen atoms in total. The first-order valence-corrected chi connectivity index (χ1v) is 6.03. The Hall–Kier alpha value is -1.91. The van der Waals surface area contributed by atoms with E-state index in [1.54, 1.807) is 18.2 Å². The smallest absolute Gasteiger partial charge is 0.252 e. The summed E-state index contributed by atoms with van der Waals surface area (Å²) in [5.41, 5.74) is 12.1. The number of anilines is 1. The van der Waals surface area contributed by atoms with Gasteiger partial charge in [0.1, 0.15) is 5.75 Å². The molecule has 0 aromatic heterocycles. The van der Waals surface area contributed by atoms with Crippen LogP contribution >= 0.6 is 23.2 Å². The average Bonchev–Trinajstić information content (AvgIpc) is 2.32. The Morgan fingerprint density at radius 1 is 1.11 bits per heavy atom. The van der Waals surface area contributed by atoms with E-state index in [1.807, 2.05) is 0 Å². The van der Waals surface area contributed by atoms with Gasteiger partial charge in [-0.05, 0) is 24.3 Å². The van der Waals surface area contributed by atoms with E-state index in [0.717, 1.165) is 0 Å². The molecule has 2 rings (SSSR count). The molecule has 5 N–H and O–H groups in total. The lowest BCUT2D eigenvalue weighted by Crippen LogP contribution is -2.11. The summed E-state index contributed by atoms with van der Waals surface area (Å²) in [4.78, 5) is 11.2. The molecule has 0 bridgehead atoms. The summed E-state index contributed by atoms with van der Waals surface area (Å²) in [5.74, 6) is -1.03. The van der Waals surface area contributed by atoms with Crippen LogP contribution in [-0.4, -0.2) is 11.0 Å². The van der Waals surface area contributed by atoms with Crippen LogP contribution in [0.2, 0.25) is 10.0 Å². The van der Waals surface area contributed by atoms with Crippen LogP contribution in [-0.2, 0) is 0 Å². The highest BCUT2D eigenvalue weighted by molar-refractivity contribution is 6.34. The van der Waals surface area contributed by atoms with Crippen molar-refractivity contribution in [3.8, 4) is 16.9 Å². The number of aromatic hydroxyl groups is 1. The predicted octanol–water partition coefficient (Wildman–Crippen LogP) is 3.05. The van der Waals surface area contributed by atoms with Crippen molar-refractivity contribution in [1.82, 2.24) is 0 Å². The van der Waals surface area contributed by atoms with Crippen molar-refractivity contribution in [3.63, 3.8) is 0 Å². The standard InChI is InChI=1S/C13H10Cl2N2O2/c14-6-3-9(12(18)10(4-6)13(17)19)8-2-1-7(16)5-11(8)15/h1-5,18H,16H2,(H2,17,19). The van der Waals surface area contributed by atoms with Crippen LogP contribution < -0.4 is 11.5 Å². The summed E-state index contributed by atoms with van der Waals surface area (Å²) in [6, 6.07) is 7.61. The number of carbonyl (C=O) groups excluding carboxylic acids is 1. The minimum atomic E-state index is -0.771. The van der Waals surface area contributed by atoms with Crippen molar-refractivity contribution in [2.45, 2.75) is 0 Å². The van der Waals surface area contributed by atoms with Crippen molar-refractivity contribution in [2.24, 2.45) is 5.73 Å². The molecule has 0 unspecified atom stereocenters. The van der Waals surface area contributed by atoms with E-state index >= 15 is 0 Å². The zero-order valence-electron chi connectivity index (χ0n) is 9.65. The van der Waals surface area contributed by atoms with Gasteiger partial charge in [-0.25, -0.2) is 0 Å². The lowest BCUT2D eigenvalue weighted by molar-refractivity contribution is 0.0998. The Morgan fingerprint density at radius 2 is 1.79 bits per heavy atom. The van der Waals surface area contributed by atoms with Gasteiger partial charge in [0.05, 0.1) is 10.6 Å². The minimum absolute atomic E-state index is 0.0598. The summed E-state index contributed by atoms with van der Waals surface area (Å²) in [7, 11) is 0. The van der Waals surface area contributed by atoms with Crippen molar-refractivity contribution in [3.05, 3.63) is 45.9 Å². The first-order chi connectivity index (χ1) is 8.90. The molecule has 0 aliphatic carbocycles. The maximum Gasteiger partial charge on any atom is 0.252 e. The van der Waals surface area contributed by atoms with Gasteiger partial charge in [0, 0.05) is 21.8 Å². The zero-order valence-corrected chi connectivity index (χ0v) is 11.2. The highest BCUT2D eigenvalue weighted by atomic mass is 35.5. The third-order valence-electron chi connectivity index (χ3n) is 2.62. The molecule has 6 heteroatoms. The summed E-state index contributed by atoms with van der Waals surface area (Å²) >= 11 is 12.0. The minimum Gasteiger partial charge on any atom is -0.506 e. The summed E-state index contributed by atoms with van der Waals surface area (Å²) in [6.07, 6.45) is 0. The Morgan fingerprint density at radius 3 is 2.37 bits per heavy atom. The second kappa shape index (κ2) is 4.99. The number of nitrogen functional groups attached to an aromatic ring is 1. The van der Waals surface area contributed by atoms with Crippen LogP contribution in [0.4, 0.5) is 5.69 Å². The second-order valence-corrected chi connectivity index (χ2v) is 4.80. The molecule has 0 aliphatic heterocycles. The molecule has 0 atom stereocenters. The molecular weight excluding hydrogens is 287 g/mol. The number of hydrogen-bond donors (Lipinski definition) is 3. The molecule has 98 valence electrons. The SMILES string of the molecule is NC(=O)c1cc(Cl)cc(-c2ccc(N)cc2Cl)c1O. The largest absolute Gasteiger partial charge is 0.506 e. The molecule has 0 aliphatic rings. The van der Waals surface area contributed by atoms with Crippen LogP contribution in [0.3, 0.4) is 0 Å². The molecular formula is C13H10Cl2N2O2. The Bertz CT molecular complexity index is 672. The summed E-state index contributed by atoms with van der Waals surface area (Å²) in [5, 5.41) is 10.7. The van der Waals surface area contributed by atoms with Crippen molar-refractivity contribution >= 4 is 34.8 Å². The third-order valence-corrected chi connectivity index (χ3v) is 3.15. The van der Waals surface area contributed by atoms with Gasteiger partial charge >= 0.3 is 0 Å². The number of amides is 1. The second-order valence-electron chi connectivity index (χ2n) is 3.95. The summed E-state index contributed by atoms with van der Waals surface area (Å²) in [6.45, 7) is 0. The predicted molar refractivity (Wildman–Crippen MR) is 76.5 cm³/mol. The first kappa shape index (κ1) is 13.5. The molecule has 0 saturated heterocycles. The fourth-order valence-corrected chi connectivity index (χ4v) is 2.25. The number of primary amides is 1. The highest BCUT2D eigenvalue weighted by Gasteiger charge is 2.16. The van der Waals surface area contributed by atoms with Crippen LogP contribution in [0.1, 0.15) is 10.4 Å². The van der Waals surface area contributed by atoms with Crippen LogP contribution in [0.5, 0.6) is 5.75 Å². The van der Waals surface area contributed by atoms with Crippen molar-refractivity contribution < 1.29 is 9.90 Å². The molecule has 1 amide bonds. The first-order valence-electron chi connectivity index (χ1n) is 5.28.